The molecule has 0 saturated heterocycles. The van der Waals surface area contributed by atoms with Gasteiger partial charge in [0.1, 0.15) is 0 Å². The molecule has 0 aliphatic heterocycles. The van der Waals surface area contributed by atoms with Crippen molar-refractivity contribution in [3.05, 3.63) is 11.6 Å². The van der Waals surface area contributed by atoms with Crippen molar-refractivity contribution in [3.63, 3.8) is 0 Å². The van der Waals surface area contributed by atoms with Crippen LogP contribution >= 0.6 is 0 Å². The van der Waals surface area contributed by atoms with Gasteiger partial charge in [0, 0.05) is 6.04 Å². The Morgan fingerprint density at radius 2 is 1.73 bits per heavy atom. The average molecular weight is 414 g/mol. The van der Waals surface area contributed by atoms with Gasteiger partial charge in [0.05, 0.1) is 0 Å². The van der Waals surface area contributed by atoms with Crippen LogP contribution in [0.15, 0.2) is 11.6 Å². The molecule has 3 saturated carbocycles. The zero-order valence-electron chi connectivity index (χ0n) is 21.3. The quantitative estimate of drug-likeness (QED) is 0.399. The van der Waals surface area contributed by atoms with Crippen LogP contribution in [0.25, 0.3) is 0 Å². The summed E-state index contributed by atoms with van der Waals surface area (Å²) in [7, 11) is 4.57. The second-order valence-corrected chi connectivity index (χ2v) is 13.1. The van der Waals surface area contributed by atoms with E-state index in [-0.39, 0.29) is 0 Å². The largest absolute Gasteiger partial charge is 0.306 e. The van der Waals surface area contributed by atoms with Gasteiger partial charge < -0.3 is 4.90 Å². The van der Waals surface area contributed by atoms with E-state index in [4.69, 9.17) is 0 Å². The Morgan fingerprint density at radius 3 is 2.43 bits per heavy atom. The lowest BCUT2D eigenvalue weighted by atomic mass is 9.47. The minimum atomic E-state index is 0.512. The normalized spacial score (nSPS) is 44.4. The molecule has 0 heterocycles. The van der Waals surface area contributed by atoms with E-state index in [0.717, 1.165) is 41.5 Å². The highest BCUT2D eigenvalue weighted by Gasteiger charge is 2.59. The maximum atomic E-state index is 2.75. The zero-order chi connectivity index (χ0) is 21.7. The first-order valence-corrected chi connectivity index (χ1v) is 13.5. The van der Waals surface area contributed by atoms with E-state index in [9.17, 15) is 0 Å². The van der Waals surface area contributed by atoms with Gasteiger partial charge in [0.2, 0.25) is 0 Å². The Bertz CT molecular complexity index is 632. The fourth-order valence-electron chi connectivity index (χ4n) is 9.11. The first-order chi connectivity index (χ1) is 14.2. The van der Waals surface area contributed by atoms with E-state index in [0.29, 0.717) is 10.8 Å². The van der Waals surface area contributed by atoms with Crippen LogP contribution in [-0.2, 0) is 0 Å². The van der Waals surface area contributed by atoms with E-state index in [2.05, 4.69) is 59.7 Å². The van der Waals surface area contributed by atoms with Crippen molar-refractivity contribution in [2.45, 2.75) is 111 Å². The molecule has 8 unspecified atom stereocenters. The number of allylic oxidation sites excluding steroid dienone is 1. The Balaban J connectivity index is 1.48. The lowest BCUT2D eigenvalue weighted by Gasteiger charge is -2.59. The highest BCUT2D eigenvalue weighted by Crippen LogP contribution is 2.67. The molecule has 0 spiro atoms. The molecular weight excluding hydrogens is 362 g/mol. The van der Waals surface area contributed by atoms with E-state index in [1.807, 2.05) is 5.57 Å². The van der Waals surface area contributed by atoms with E-state index >= 15 is 0 Å². The van der Waals surface area contributed by atoms with Gasteiger partial charge in [-0.15, -0.1) is 0 Å². The van der Waals surface area contributed by atoms with Crippen LogP contribution < -0.4 is 0 Å². The fraction of sp³-hybridized carbons (Fsp3) is 0.931. The van der Waals surface area contributed by atoms with Gasteiger partial charge in [-0.25, -0.2) is 0 Å². The Hall–Kier alpha value is -0.300. The minimum absolute atomic E-state index is 0.512. The predicted molar refractivity (Wildman–Crippen MR) is 131 cm³/mol. The summed E-state index contributed by atoms with van der Waals surface area (Å²) in [5, 5.41) is 0. The zero-order valence-corrected chi connectivity index (χ0v) is 21.3. The smallest absolute Gasteiger partial charge is 0.0127 e. The molecule has 0 aromatic heterocycles. The molecular formula is C29H51N. The van der Waals surface area contributed by atoms with E-state index in [1.165, 1.54) is 70.6 Å². The summed E-state index contributed by atoms with van der Waals surface area (Å²) in [6.07, 6.45) is 18.7. The summed E-state index contributed by atoms with van der Waals surface area (Å²) >= 11 is 0. The number of rotatable bonds is 6. The van der Waals surface area contributed by atoms with Crippen molar-refractivity contribution < 1.29 is 0 Å². The third-order valence-corrected chi connectivity index (χ3v) is 11.0. The van der Waals surface area contributed by atoms with Crippen LogP contribution in [0.5, 0.6) is 0 Å². The van der Waals surface area contributed by atoms with Gasteiger partial charge in [-0.3, -0.25) is 0 Å². The molecule has 4 aliphatic rings. The van der Waals surface area contributed by atoms with Gasteiger partial charge in [0.15, 0.2) is 0 Å². The molecule has 3 fully saturated rings. The Kier molecular flexibility index (Phi) is 6.53. The van der Waals surface area contributed by atoms with Crippen LogP contribution in [0.3, 0.4) is 0 Å². The highest BCUT2D eigenvalue weighted by molar-refractivity contribution is 5.26. The molecule has 0 bridgehead atoms. The molecule has 1 heteroatoms. The van der Waals surface area contributed by atoms with Gasteiger partial charge in [-0.1, -0.05) is 65.5 Å². The van der Waals surface area contributed by atoms with Crippen molar-refractivity contribution in [3.8, 4) is 0 Å². The van der Waals surface area contributed by atoms with Gasteiger partial charge in [-0.05, 0) is 112 Å². The van der Waals surface area contributed by atoms with Crippen molar-refractivity contribution in [1.82, 2.24) is 4.90 Å². The van der Waals surface area contributed by atoms with Gasteiger partial charge in [-0.2, -0.15) is 0 Å². The SMILES string of the molecule is CC(C)CCCC(C)C1CCC2C3CC=C4CC(N(C)C)CCC4(C)C3CCC12C. The second kappa shape index (κ2) is 8.57. The van der Waals surface area contributed by atoms with Crippen LogP contribution in [0.4, 0.5) is 0 Å². The van der Waals surface area contributed by atoms with Crippen molar-refractivity contribution in [2.75, 3.05) is 14.1 Å². The Labute approximate surface area is 188 Å². The summed E-state index contributed by atoms with van der Waals surface area (Å²) in [6, 6.07) is 0.775. The molecule has 0 aromatic rings. The van der Waals surface area contributed by atoms with Crippen LogP contribution in [-0.4, -0.2) is 25.0 Å². The third kappa shape index (κ3) is 3.84. The average Bonchev–Trinajstić information content (AvgIpc) is 3.04. The Morgan fingerprint density at radius 1 is 0.967 bits per heavy atom. The molecule has 0 amide bonds. The molecule has 1 nitrogen and oxygen atoms in total. The lowest BCUT2D eigenvalue weighted by Crippen LogP contribution is -2.51. The predicted octanol–water partition coefficient (Wildman–Crippen LogP) is 7.96. The van der Waals surface area contributed by atoms with Crippen molar-refractivity contribution in [2.24, 2.45) is 46.3 Å². The molecule has 4 aliphatic carbocycles. The molecule has 30 heavy (non-hydrogen) atoms. The van der Waals surface area contributed by atoms with Crippen LogP contribution in [0.2, 0.25) is 0 Å². The number of hydrogen-bond donors (Lipinski definition) is 0. The second-order valence-electron chi connectivity index (χ2n) is 13.1. The molecule has 0 radical (unpaired) electrons. The van der Waals surface area contributed by atoms with Crippen molar-refractivity contribution >= 4 is 0 Å². The summed E-state index contributed by atoms with van der Waals surface area (Å²) < 4.78 is 0. The number of fused-ring (bicyclic) bond motifs is 5. The molecule has 0 N–H and O–H groups in total. The first kappa shape index (κ1) is 22.9. The number of nitrogens with zero attached hydrogens (tertiary/aromatic N) is 1. The fourth-order valence-corrected chi connectivity index (χ4v) is 9.11. The molecule has 172 valence electrons. The van der Waals surface area contributed by atoms with Gasteiger partial charge in [0.25, 0.3) is 0 Å². The topological polar surface area (TPSA) is 3.24 Å². The third-order valence-electron chi connectivity index (χ3n) is 11.0. The van der Waals surface area contributed by atoms with Crippen molar-refractivity contribution in [1.29, 1.82) is 0 Å². The molecule has 4 rings (SSSR count). The van der Waals surface area contributed by atoms with E-state index < -0.39 is 0 Å². The maximum Gasteiger partial charge on any atom is 0.0127 e. The standard InChI is InChI=1S/C29H51N/c1-20(2)9-8-10-21(3)25-13-14-26-24-12-11-22-19-23(30(6)7)15-17-28(22,4)27(24)16-18-29(25,26)5/h11,20-21,23-27H,8-10,12-19H2,1-7H3. The van der Waals surface area contributed by atoms with Crippen LogP contribution in [0.1, 0.15) is 105 Å². The maximum absolute atomic E-state index is 2.75. The molecule has 8 atom stereocenters. The summed E-state index contributed by atoms with van der Waals surface area (Å²) in [5.41, 5.74) is 2.98. The highest BCUT2D eigenvalue weighted by atomic mass is 15.1. The summed E-state index contributed by atoms with van der Waals surface area (Å²) in [4.78, 5) is 2.48. The summed E-state index contributed by atoms with van der Waals surface area (Å²) in [5.74, 6) is 5.71. The minimum Gasteiger partial charge on any atom is -0.306 e. The number of hydrogen-bond acceptors (Lipinski definition) is 1. The lowest BCUT2D eigenvalue weighted by molar-refractivity contribution is -0.0535. The molecule has 0 aromatic carbocycles. The summed E-state index contributed by atoms with van der Waals surface area (Å²) in [6.45, 7) is 12.8. The monoisotopic (exact) mass is 413 g/mol. The van der Waals surface area contributed by atoms with Gasteiger partial charge >= 0.3 is 0 Å². The first-order valence-electron chi connectivity index (χ1n) is 13.5. The van der Waals surface area contributed by atoms with E-state index in [1.54, 1.807) is 0 Å². The van der Waals surface area contributed by atoms with Crippen LogP contribution in [0, 0.1) is 46.3 Å².